The number of nitrogens with one attached hydrogen (secondary N) is 2. The van der Waals surface area contributed by atoms with Crippen LogP contribution in [0.4, 0.5) is 5.69 Å². The third-order valence-corrected chi connectivity index (χ3v) is 5.58. The zero-order chi connectivity index (χ0) is 14.2. The number of likely N-dealkylation sites (N-methyl/N-ethyl adjacent to an activating group) is 1. The van der Waals surface area contributed by atoms with Gasteiger partial charge in [-0.25, -0.2) is 13.1 Å². The molecule has 0 radical (unpaired) electrons. The smallest absolute Gasteiger partial charge is 0.242 e. The van der Waals surface area contributed by atoms with Crippen molar-refractivity contribution in [2.45, 2.75) is 36.2 Å². The normalized spacial score (nSPS) is 22.9. The molecule has 2 aliphatic rings. The summed E-state index contributed by atoms with van der Waals surface area (Å²) in [6, 6.07) is 7.74. The number of nitrogens with zero attached hydrogens (tertiary/aromatic N) is 1. The average molecular weight is 295 g/mol. The Hall–Kier alpha value is -1.11. The van der Waals surface area contributed by atoms with E-state index in [-0.39, 0.29) is 6.04 Å². The summed E-state index contributed by atoms with van der Waals surface area (Å²) in [6.07, 6.45) is 2.94. The summed E-state index contributed by atoms with van der Waals surface area (Å²) in [5, 5.41) is 3.32. The second-order valence-corrected chi connectivity index (χ2v) is 7.30. The van der Waals surface area contributed by atoms with Crippen molar-refractivity contribution in [1.29, 1.82) is 0 Å². The van der Waals surface area contributed by atoms with Crippen molar-refractivity contribution in [3.63, 3.8) is 0 Å². The van der Waals surface area contributed by atoms with Crippen LogP contribution in [0.25, 0.3) is 0 Å². The van der Waals surface area contributed by atoms with Gasteiger partial charge < -0.3 is 10.2 Å². The fourth-order valence-electron chi connectivity index (χ4n) is 2.63. The maximum atomic E-state index is 12.5. The molecule has 1 heterocycles. The van der Waals surface area contributed by atoms with E-state index in [2.05, 4.69) is 14.9 Å². The maximum absolute atomic E-state index is 12.5. The summed E-state index contributed by atoms with van der Waals surface area (Å²) in [5.41, 5.74) is 0.786. The van der Waals surface area contributed by atoms with E-state index in [1.54, 1.807) is 12.1 Å². The number of hydrogen-bond donors (Lipinski definition) is 2. The van der Waals surface area contributed by atoms with Crippen molar-refractivity contribution in [2.75, 3.05) is 25.0 Å². The molecule has 20 heavy (non-hydrogen) atoms. The molecule has 0 bridgehead atoms. The zero-order valence-corrected chi connectivity index (χ0v) is 12.5. The second-order valence-electron chi connectivity index (χ2n) is 5.62. The molecular formula is C14H21N3O2S. The average Bonchev–Trinajstić information content (AvgIpc) is 3.07. The monoisotopic (exact) mass is 295 g/mol. The molecule has 2 N–H and O–H groups in total. The molecule has 1 aromatic carbocycles. The molecule has 6 heteroatoms. The lowest BCUT2D eigenvalue weighted by Crippen LogP contribution is -2.35. The molecule has 3 rings (SSSR count). The number of para-hydroxylation sites is 1. The Morgan fingerprint density at radius 3 is 2.65 bits per heavy atom. The van der Waals surface area contributed by atoms with Crippen LogP contribution >= 0.6 is 0 Å². The highest BCUT2D eigenvalue weighted by atomic mass is 32.2. The minimum absolute atomic E-state index is 0.131. The first kappa shape index (κ1) is 13.9. The van der Waals surface area contributed by atoms with Crippen LogP contribution in [0.5, 0.6) is 0 Å². The SMILES string of the molecule is CN(c1ccccc1S(=O)(=O)NC1CC1)C1CCNC1. The van der Waals surface area contributed by atoms with Gasteiger partial charge in [-0.3, -0.25) is 0 Å². The summed E-state index contributed by atoms with van der Waals surface area (Å²) in [6.45, 7) is 1.89. The van der Waals surface area contributed by atoms with Crippen LogP contribution in [0.1, 0.15) is 19.3 Å². The van der Waals surface area contributed by atoms with Crippen molar-refractivity contribution in [3.8, 4) is 0 Å². The zero-order valence-electron chi connectivity index (χ0n) is 11.7. The Kier molecular flexibility index (Phi) is 3.70. The van der Waals surface area contributed by atoms with Gasteiger partial charge in [0.1, 0.15) is 4.90 Å². The summed E-state index contributed by atoms with van der Waals surface area (Å²) >= 11 is 0. The number of anilines is 1. The lowest BCUT2D eigenvalue weighted by Gasteiger charge is -2.28. The lowest BCUT2D eigenvalue weighted by atomic mass is 10.2. The number of rotatable bonds is 5. The minimum Gasteiger partial charge on any atom is -0.369 e. The second kappa shape index (κ2) is 5.35. The van der Waals surface area contributed by atoms with E-state index >= 15 is 0 Å². The molecular weight excluding hydrogens is 274 g/mol. The summed E-state index contributed by atoms with van der Waals surface area (Å²) in [7, 11) is -1.44. The first-order valence-electron chi connectivity index (χ1n) is 7.13. The molecule has 5 nitrogen and oxygen atoms in total. The standard InChI is InChI=1S/C14H21N3O2S/c1-17(12-8-9-15-10-12)13-4-2-3-5-14(13)20(18,19)16-11-6-7-11/h2-5,11-12,15-16H,6-10H2,1H3. The van der Waals surface area contributed by atoms with Gasteiger partial charge in [-0.05, 0) is 37.9 Å². The Labute approximate surface area is 120 Å². The molecule has 0 aromatic heterocycles. The lowest BCUT2D eigenvalue weighted by molar-refractivity contribution is 0.580. The quantitative estimate of drug-likeness (QED) is 0.848. The van der Waals surface area contributed by atoms with Crippen LogP contribution in [-0.2, 0) is 10.0 Å². The highest BCUT2D eigenvalue weighted by Crippen LogP contribution is 2.29. The van der Waals surface area contributed by atoms with E-state index in [0.29, 0.717) is 10.9 Å². The van der Waals surface area contributed by atoms with Crippen molar-refractivity contribution >= 4 is 15.7 Å². The largest absolute Gasteiger partial charge is 0.369 e. The van der Waals surface area contributed by atoms with E-state index in [1.807, 2.05) is 19.2 Å². The molecule has 0 spiro atoms. The Bertz CT molecular complexity index is 578. The fraction of sp³-hybridized carbons (Fsp3) is 0.571. The van der Waals surface area contributed by atoms with Gasteiger partial charge in [0, 0.05) is 25.7 Å². The first-order chi connectivity index (χ1) is 9.58. The third kappa shape index (κ3) is 2.82. The number of sulfonamides is 1. The topological polar surface area (TPSA) is 61.4 Å². The van der Waals surface area contributed by atoms with E-state index in [9.17, 15) is 8.42 Å². The van der Waals surface area contributed by atoms with Crippen LogP contribution < -0.4 is 14.9 Å². The molecule has 1 aromatic rings. The molecule has 2 fully saturated rings. The summed E-state index contributed by atoms with van der Waals surface area (Å²) in [5.74, 6) is 0. The highest BCUT2D eigenvalue weighted by Gasteiger charge is 2.31. The molecule has 110 valence electrons. The van der Waals surface area contributed by atoms with Crippen molar-refractivity contribution in [3.05, 3.63) is 24.3 Å². The van der Waals surface area contributed by atoms with Gasteiger partial charge >= 0.3 is 0 Å². The Morgan fingerprint density at radius 2 is 2.00 bits per heavy atom. The fourth-order valence-corrected chi connectivity index (χ4v) is 4.17. The van der Waals surface area contributed by atoms with E-state index < -0.39 is 10.0 Å². The molecule has 1 saturated carbocycles. The van der Waals surface area contributed by atoms with E-state index in [0.717, 1.165) is 38.0 Å². The van der Waals surface area contributed by atoms with Gasteiger partial charge in [-0.15, -0.1) is 0 Å². The molecule has 1 aliphatic heterocycles. The molecule has 1 atom stereocenters. The third-order valence-electron chi connectivity index (χ3n) is 4.02. The van der Waals surface area contributed by atoms with Gasteiger partial charge in [0.25, 0.3) is 0 Å². The van der Waals surface area contributed by atoms with E-state index in [4.69, 9.17) is 0 Å². The van der Waals surface area contributed by atoms with Gasteiger partial charge in [0.05, 0.1) is 5.69 Å². The Balaban J connectivity index is 1.90. The van der Waals surface area contributed by atoms with E-state index in [1.165, 1.54) is 0 Å². The highest BCUT2D eigenvalue weighted by molar-refractivity contribution is 7.89. The van der Waals surface area contributed by atoms with Crippen molar-refractivity contribution < 1.29 is 8.42 Å². The number of benzene rings is 1. The van der Waals surface area contributed by atoms with Crippen LogP contribution in [0, 0.1) is 0 Å². The predicted molar refractivity (Wildman–Crippen MR) is 79.5 cm³/mol. The van der Waals surface area contributed by atoms with Crippen molar-refractivity contribution in [1.82, 2.24) is 10.0 Å². The maximum Gasteiger partial charge on any atom is 0.242 e. The van der Waals surface area contributed by atoms with Gasteiger partial charge in [0.2, 0.25) is 10.0 Å². The van der Waals surface area contributed by atoms with Crippen LogP contribution in [0.15, 0.2) is 29.2 Å². The molecule has 1 saturated heterocycles. The molecule has 1 unspecified atom stereocenters. The predicted octanol–water partition coefficient (Wildman–Crippen LogP) is 0.925. The first-order valence-corrected chi connectivity index (χ1v) is 8.61. The molecule has 0 amide bonds. The van der Waals surface area contributed by atoms with Crippen LogP contribution in [0.3, 0.4) is 0 Å². The van der Waals surface area contributed by atoms with Gasteiger partial charge in [-0.2, -0.15) is 0 Å². The van der Waals surface area contributed by atoms with Gasteiger partial charge in [0.15, 0.2) is 0 Å². The number of hydrogen-bond acceptors (Lipinski definition) is 4. The van der Waals surface area contributed by atoms with Crippen LogP contribution in [0.2, 0.25) is 0 Å². The summed E-state index contributed by atoms with van der Waals surface area (Å²) < 4.78 is 27.7. The Morgan fingerprint density at radius 1 is 1.25 bits per heavy atom. The molecule has 1 aliphatic carbocycles. The van der Waals surface area contributed by atoms with Gasteiger partial charge in [-0.1, -0.05) is 12.1 Å². The summed E-state index contributed by atoms with van der Waals surface area (Å²) in [4.78, 5) is 2.47. The van der Waals surface area contributed by atoms with Crippen molar-refractivity contribution in [2.24, 2.45) is 0 Å². The van der Waals surface area contributed by atoms with Crippen LogP contribution in [-0.4, -0.2) is 40.6 Å². The minimum atomic E-state index is -3.41.